The average Bonchev–Trinajstić information content (AvgIpc) is 2.89. The monoisotopic (exact) mass is 358 g/mol. The van der Waals surface area contributed by atoms with Crippen molar-refractivity contribution in [3.63, 3.8) is 0 Å². The Morgan fingerprint density at radius 1 is 1.20 bits per heavy atom. The number of rotatable bonds is 6. The molecule has 0 atom stereocenters. The molecule has 1 heterocycles. The first-order valence-electron chi connectivity index (χ1n) is 8.24. The average molecular weight is 359 g/mol. The van der Waals surface area contributed by atoms with E-state index in [1.165, 1.54) is 10.1 Å². The lowest BCUT2D eigenvalue weighted by Crippen LogP contribution is -2.24. The minimum Gasteiger partial charge on any atom is -0.408 e. The Labute approximate surface area is 150 Å². The molecule has 0 saturated heterocycles. The van der Waals surface area contributed by atoms with Crippen LogP contribution < -0.4 is 11.1 Å². The van der Waals surface area contributed by atoms with Crippen LogP contribution in [0.3, 0.4) is 0 Å². The van der Waals surface area contributed by atoms with Gasteiger partial charge in [0, 0.05) is 16.8 Å². The van der Waals surface area contributed by atoms with E-state index in [0.717, 1.165) is 19.3 Å². The van der Waals surface area contributed by atoms with Gasteiger partial charge in [0.2, 0.25) is 5.91 Å². The lowest BCUT2D eigenvalue weighted by atomic mass is 10.1. The highest BCUT2D eigenvalue weighted by Crippen LogP contribution is 2.18. The van der Waals surface area contributed by atoms with Gasteiger partial charge < -0.3 is 9.73 Å². The zero-order valence-electron chi connectivity index (χ0n) is 13.9. The Morgan fingerprint density at radius 3 is 2.68 bits per heavy atom. The third kappa shape index (κ3) is 4.12. The Balaban J connectivity index is 1.70. The maximum absolute atomic E-state index is 12.3. The largest absolute Gasteiger partial charge is 0.420 e. The number of nitrogens with one attached hydrogen (secondary N) is 1. The molecule has 2 aromatic carbocycles. The molecule has 1 aromatic heterocycles. The van der Waals surface area contributed by atoms with Crippen LogP contribution in [0.4, 0.5) is 5.69 Å². The van der Waals surface area contributed by atoms with Crippen molar-refractivity contribution in [2.24, 2.45) is 0 Å². The van der Waals surface area contributed by atoms with Gasteiger partial charge in [-0.2, -0.15) is 0 Å². The van der Waals surface area contributed by atoms with E-state index in [1.54, 1.807) is 18.2 Å². The molecule has 0 aliphatic rings. The van der Waals surface area contributed by atoms with E-state index in [0.29, 0.717) is 21.8 Å². The number of amides is 1. The van der Waals surface area contributed by atoms with Gasteiger partial charge in [-0.25, -0.2) is 4.79 Å². The Kier molecular flexibility index (Phi) is 5.24. The third-order valence-corrected chi connectivity index (χ3v) is 4.22. The number of halogens is 1. The minimum absolute atomic E-state index is 0.120. The number of unbranched alkanes of at least 4 members (excludes halogenated alkanes) is 1. The van der Waals surface area contributed by atoms with Gasteiger partial charge in [-0.05, 0) is 42.7 Å². The second-order valence-electron chi connectivity index (χ2n) is 5.91. The topological polar surface area (TPSA) is 64.2 Å². The number of oxazole rings is 1. The molecule has 0 radical (unpaired) electrons. The summed E-state index contributed by atoms with van der Waals surface area (Å²) in [6.45, 7) is 2.04. The predicted molar refractivity (Wildman–Crippen MR) is 99.2 cm³/mol. The molecule has 0 aliphatic carbocycles. The Bertz CT molecular complexity index is 941. The highest BCUT2D eigenvalue weighted by molar-refractivity contribution is 6.31. The number of carbonyl (C=O) groups excluding carboxylic acids is 1. The van der Waals surface area contributed by atoms with Gasteiger partial charge in [0.1, 0.15) is 6.54 Å². The molecule has 1 N–H and O–H groups in total. The minimum atomic E-state index is -0.581. The normalized spacial score (nSPS) is 11.0. The van der Waals surface area contributed by atoms with E-state index < -0.39 is 5.76 Å². The fourth-order valence-electron chi connectivity index (χ4n) is 2.67. The van der Waals surface area contributed by atoms with Crippen LogP contribution in [-0.4, -0.2) is 10.5 Å². The zero-order valence-corrected chi connectivity index (χ0v) is 14.7. The number of fused-ring (bicyclic) bond motifs is 1. The predicted octanol–water partition coefficient (Wildman–Crippen LogP) is 4.23. The van der Waals surface area contributed by atoms with Crippen molar-refractivity contribution in [2.45, 2.75) is 32.7 Å². The summed E-state index contributed by atoms with van der Waals surface area (Å²) in [5.41, 5.74) is 2.85. The van der Waals surface area contributed by atoms with Crippen LogP contribution in [0.25, 0.3) is 11.1 Å². The molecule has 6 heteroatoms. The Hall–Kier alpha value is -2.53. The van der Waals surface area contributed by atoms with E-state index in [9.17, 15) is 9.59 Å². The molecule has 130 valence electrons. The SMILES string of the molecule is CCCCc1ccc(NC(=O)Cn2c(=O)oc3cc(Cl)ccc32)cc1. The first-order chi connectivity index (χ1) is 12.1. The molecule has 3 rings (SSSR count). The van der Waals surface area contributed by atoms with E-state index in [4.69, 9.17) is 16.0 Å². The number of carbonyl (C=O) groups is 1. The molecular formula is C19H19ClN2O3. The Morgan fingerprint density at radius 2 is 1.96 bits per heavy atom. The molecule has 5 nitrogen and oxygen atoms in total. The number of aryl methyl sites for hydroxylation is 1. The summed E-state index contributed by atoms with van der Waals surface area (Å²) >= 11 is 5.89. The standard InChI is InChI=1S/C19H19ClN2O3/c1-2-3-4-13-5-8-15(9-6-13)21-18(23)12-22-16-10-7-14(20)11-17(16)25-19(22)24/h5-11H,2-4,12H2,1H3,(H,21,23). The van der Waals surface area contributed by atoms with Gasteiger partial charge in [-0.3, -0.25) is 9.36 Å². The fraction of sp³-hybridized carbons (Fsp3) is 0.263. The van der Waals surface area contributed by atoms with Crippen LogP contribution in [0, 0.1) is 0 Å². The van der Waals surface area contributed by atoms with Crippen LogP contribution in [0.15, 0.2) is 51.7 Å². The van der Waals surface area contributed by atoms with Crippen LogP contribution in [0.2, 0.25) is 5.02 Å². The van der Waals surface area contributed by atoms with Crippen molar-refractivity contribution in [3.05, 3.63) is 63.6 Å². The molecule has 0 fully saturated rings. The first kappa shape index (κ1) is 17.3. The van der Waals surface area contributed by atoms with Crippen molar-refractivity contribution < 1.29 is 9.21 Å². The van der Waals surface area contributed by atoms with E-state index in [1.807, 2.05) is 24.3 Å². The summed E-state index contributed by atoms with van der Waals surface area (Å²) in [5, 5.41) is 3.27. The van der Waals surface area contributed by atoms with Gasteiger partial charge in [-0.1, -0.05) is 37.1 Å². The maximum atomic E-state index is 12.3. The van der Waals surface area contributed by atoms with Gasteiger partial charge in [0.05, 0.1) is 5.52 Å². The number of benzene rings is 2. The summed E-state index contributed by atoms with van der Waals surface area (Å²) in [6, 6.07) is 12.6. The summed E-state index contributed by atoms with van der Waals surface area (Å²) in [5.74, 6) is -0.872. The van der Waals surface area contributed by atoms with Crippen LogP contribution in [0.5, 0.6) is 0 Å². The molecule has 0 bridgehead atoms. The number of hydrogen-bond acceptors (Lipinski definition) is 3. The number of anilines is 1. The number of hydrogen-bond donors (Lipinski definition) is 1. The molecule has 0 aliphatic heterocycles. The fourth-order valence-corrected chi connectivity index (χ4v) is 2.83. The summed E-state index contributed by atoms with van der Waals surface area (Å²) in [4.78, 5) is 24.2. The number of nitrogens with zero attached hydrogens (tertiary/aromatic N) is 1. The lowest BCUT2D eigenvalue weighted by Gasteiger charge is -2.07. The molecule has 1 amide bonds. The van der Waals surface area contributed by atoms with Gasteiger partial charge in [-0.15, -0.1) is 0 Å². The van der Waals surface area contributed by atoms with Crippen molar-refractivity contribution in [2.75, 3.05) is 5.32 Å². The molecule has 25 heavy (non-hydrogen) atoms. The first-order valence-corrected chi connectivity index (χ1v) is 8.62. The second-order valence-corrected chi connectivity index (χ2v) is 6.35. The van der Waals surface area contributed by atoms with Crippen molar-refractivity contribution >= 4 is 34.3 Å². The molecular weight excluding hydrogens is 340 g/mol. The molecule has 0 saturated carbocycles. The maximum Gasteiger partial charge on any atom is 0.420 e. The van der Waals surface area contributed by atoms with Crippen molar-refractivity contribution in [1.82, 2.24) is 4.57 Å². The summed E-state index contributed by atoms with van der Waals surface area (Å²) < 4.78 is 6.42. The van der Waals surface area contributed by atoms with Gasteiger partial charge >= 0.3 is 5.76 Å². The molecule has 0 unspecified atom stereocenters. The van der Waals surface area contributed by atoms with Crippen LogP contribution >= 0.6 is 11.6 Å². The van der Waals surface area contributed by atoms with Crippen LogP contribution in [-0.2, 0) is 17.8 Å². The third-order valence-electron chi connectivity index (χ3n) is 3.99. The summed E-state index contributed by atoms with van der Waals surface area (Å²) in [6.07, 6.45) is 3.33. The van der Waals surface area contributed by atoms with Crippen molar-refractivity contribution in [1.29, 1.82) is 0 Å². The van der Waals surface area contributed by atoms with E-state index in [-0.39, 0.29) is 12.5 Å². The molecule has 0 spiro atoms. The van der Waals surface area contributed by atoms with Gasteiger partial charge in [0.25, 0.3) is 0 Å². The van der Waals surface area contributed by atoms with E-state index >= 15 is 0 Å². The quantitative estimate of drug-likeness (QED) is 0.717. The highest BCUT2D eigenvalue weighted by Gasteiger charge is 2.13. The molecule has 3 aromatic rings. The smallest absolute Gasteiger partial charge is 0.408 e. The second kappa shape index (κ2) is 7.57. The van der Waals surface area contributed by atoms with Gasteiger partial charge in [0.15, 0.2) is 5.58 Å². The van der Waals surface area contributed by atoms with Crippen LogP contribution in [0.1, 0.15) is 25.3 Å². The number of aromatic nitrogens is 1. The van der Waals surface area contributed by atoms with Crippen molar-refractivity contribution in [3.8, 4) is 0 Å². The summed E-state index contributed by atoms with van der Waals surface area (Å²) in [7, 11) is 0. The zero-order chi connectivity index (χ0) is 17.8. The van der Waals surface area contributed by atoms with E-state index in [2.05, 4.69) is 12.2 Å². The highest BCUT2D eigenvalue weighted by atomic mass is 35.5. The lowest BCUT2D eigenvalue weighted by molar-refractivity contribution is -0.116.